The molecular weight excluding hydrogens is 282 g/mol. The van der Waals surface area contributed by atoms with Gasteiger partial charge in [-0.25, -0.2) is 9.59 Å². The summed E-state index contributed by atoms with van der Waals surface area (Å²) < 4.78 is 10.5. The van der Waals surface area contributed by atoms with Gasteiger partial charge in [0, 0.05) is 0 Å². The summed E-state index contributed by atoms with van der Waals surface area (Å²) in [5, 5.41) is 2.60. The van der Waals surface area contributed by atoms with Crippen LogP contribution < -0.4 is 5.32 Å². The molecule has 1 aromatic rings. The molecule has 1 aromatic carbocycles. The topological polar surface area (TPSA) is 64.6 Å². The first-order valence-corrected chi connectivity index (χ1v) is 7.38. The molecule has 1 rings (SSSR count). The molecule has 0 aliphatic carbocycles. The van der Waals surface area contributed by atoms with Crippen molar-refractivity contribution >= 4 is 12.1 Å². The highest BCUT2D eigenvalue weighted by Crippen LogP contribution is 2.15. The van der Waals surface area contributed by atoms with E-state index in [0.29, 0.717) is 6.42 Å². The number of hydrogen-bond donors (Lipinski definition) is 1. The molecule has 0 radical (unpaired) electrons. The number of ether oxygens (including phenoxy) is 2. The van der Waals surface area contributed by atoms with Crippen molar-refractivity contribution in [2.45, 2.75) is 58.8 Å². The van der Waals surface area contributed by atoms with Gasteiger partial charge in [-0.15, -0.1) is 0 Å². The second-order valence-corrected chi connectivity index (χ2v) is 6.37. The Kier molecular flexibility index (Phi) is 5.97. The lowest BCUT2D eigenvalue weighted by Gasteiger charge is -2.29. The number of carbonyl (C=O) groups excluding carboxylic acids is 2. The van der Waals surface area contributed by atoms with Crippen molar-refractivity contribution < 1.29 is 19.1 Å². The van der Waals surface area contributed by atoms with E-state index >= 15 is 0 Å². The first-order valence-electron chi connectivity index (χ1n) is 7.38. The highest BCUT2D eigenvalue weighted by atomic mass is 16.6. The van der Waals surface area contributed by atoms with E-state index in [1.807, 2.05) is 30.3 Å². The second-order valence-electron chi connectivity index (χ2n) is 6.37. The fraction of sp³-hybridized carbons (Fsp3) is 0.529. The summed E-state index contributed by atoms with van der Waals surface area (Å²) in [6.07, 6.45) is -0.228. The third-order valence-electron chi connectivity index (χ3n) is 3.15. The number of alkyl carbamates (subject to hydrolysis) is 1. The van der Waals surface area contributed by atoms with Gasteiger partial charge in [-0.1, -0.05) is 37.3 Å². The fourth-order valence-corrected chi connectivity index (χ4v) is 1.70. The summed E-state index contributed by atoms with van der Waals surface area (Å²) in [6, 6.07) is 9.39. The molecule has 5 nitrogen and oxygen atoms in total. The van der Waals surface area contributed by atoms with Crippen LogP contribution in [-0.2, 0) is 20.9 Å². The summed E-state index contributed by atoms with van der Waals surface area (Å²) >= 11 is 0. The van der Waals surface area contributed by atoms with Crippen LogP contribution in [0.1, 0.15) is 46.6 Å². The van der Waals surface area contributed by atoms with Crippen LogP contribution in [0.3, 0.4) is 0 Å². The molecule has 0 saturated heterocycles. The van der Waals surface area contributed by atoms with Gasteiger partial charge in [0.1, 0.15) is 17.7 Å². The SMILES string of the molecule is CCC(C)(NC(=O)OC(C)(C)C)C(=O)OCc1ccccc1. The molecule has 1 atom stereocenters. The lowest BCUT2D eigenvalue weighted by molar-refractivity contribution is -0.152. The van der Waals surface area contributed by atoms with E-state index in [1.165, 1.54) is 0 Å². The highest BCUT2D eigenvalue weighted by molar-refractivity contribution is 5.85. The third-order valence-corrected chi connectivity index (χ3v) is 3.15. The summed E-state index contributed by atoms with van der Waals surface area (Å²) in [7, 11) is 0. The quantitative estimate of drug-likeness (QED) is 0.847. The van der Waals surface area contributed by atoms with E-state index in [-0.39, 0.29) is 6.61 Å². The Morgan fingerprint density at radius 3 is 2.18 bits per heavy atom. The van der Waals surface area contributed by atoms with Crippen molar-refractivity contribution in [3.63, 3.8) is 0 Å². The number of amides is 1. The van der Waals surface area contributed by atoms with Crippen LogP contribution in [0.2, 0.25) is 0 Å². The average Bonchev–Trinajstić information content (AvgIpc) is 2.43. The summed E-state index contributed by atoms with van der Waals surface area (Å²) in [5.74, 6) is -0.482. The maximum Gasteiger partial charge on any atom is 0.408 e. The third kappa shape index (κ3) is 5.76. The number of esters is 1. The molecule has 0 fully saturated rings. The Balaban J connectivity index is 2.63. The first kappa shape index (κ1) is 18.0. The zero-order valence-electron chi connectivity index (χ0n) is 13.9. The van der Waals surface area contributed by atoms with E-state index < -0.39 is 23.2 Å². The van der Waals surface area contributed by atoms with Crippen molar-refractivity contribution in [2.75, 3.05) is 0 Å². The Morgan fingerprint density at radius 2 is 1.68 bits per heavy atom. The monoisotopic (exact) mass is 307 g/mol. The van der Waals surface area contributed by atoms with Gasteiger partial charge in [-0.2, -0.15) is 0 Å². The van der Waals surface area contributed by atoms with Crippen molar-refractivity contribution in [3.05, 3.63) is 35.9 Å². The molecule has 0 bridgehead atoms. The minimum absolute atomic E-state index is 0.172. The van der Waals surface area contributed by atoms with Crippen LogP contribution in [0.5, 0.6) is 0 Å². The van der Waals surface area contributed by atoms with Crippen LogP contribution >= 0.6 is 0 Å². The standard InChI is InChI=1S/C17H25NO4/c1-6-17(5,18-15(20)22-16(2,3)4)14(19)21-12-13-10-8-7-9-11-13/h7-11H,6,12H2,1-5H3,(H,18,20). The van der Waals surface area contributed by atoms with E-state index in [2.05, 4.69) is 5.32 Å². The smallest absolute Gasteiger partial charge is 0.408 e. The van der Waals surface area contributed by atoms with Crippen molar-refractivity contribution in [1.29, 1.82) is 0 Å². The molecule has 1 amide bonds. The maximum absolute atomic E-state index is 12.3. The van der Waals surface area contributed by atoms with Gasteiger partial charge < -0.3 is 14.8 Å². The molecular formula is C17H25NO4. The van der Waals surface area contributed by atoms with Gasteiger partial charge in [-0.05, 0) is 39.7 Å². The molecule has 0 aliphatic rings. The number of nitrogens with one attached hydrogen (secondary N) is 1. The normalized spacial score (nSPS) is 13.9. The largest absolute Gasteiger partial charge is 0.459 e. The molecule has 1 unspecified atom stereocenters. The molecule has 5 heteroatoms. The van der Waals surface area contributed by atoms with Crippen LogP contribution in [0, 0.1) is 0 Å². The van der Waals surface area contributed by atoms with Crippen LogP contribution in [0.4, 0.5) is 4.79 Å². The van der Waals surface area contributed by atoms with Gasteiger partial charge in [0.2, 0.25) is 0 Å². The van der Waals surface area contributed by atoms with Gasteiger partial charge in [0.15, 0.2) is 0 Å². The molecule has 0 heterocycles. The number of hydrogen-bond acceptors (Lipinski definition) is 4. The average molecular weight is 307 g/mol. The fourth-order valence-electron chi connectivity index (χ4n) is 1.70. The van der Waals surface area contributed by atoms with E-state index in [9.17, 15) is 9.59 Å². The molecule has 122 valence electrons. The molecule has 0 spiro atoms. The van der Waals surface area contributed by atoms with E-state index in [0.717, 1.165) is 5.56 Å². The maximum atomic E-state index is 12.3. The number of benzene rings is 1. The van der Waals surface area contributed by atoms with Crippen molar-refractivity contribution in [2.24, 2.45) is 0 Å². The highest BCUT2D eigenvalue weighted by Gasteiger charge is 2.36. The summed E-state index contributed by atoms with van der Waals surface area (Å²) in [6.45, 7) is 8.91. The van der Waals surface area contributed by atoms with E-state index in [4.69, 9.17) is 9.47 Å². The predicted molar refractivity (Wildman–Crippen MR) is 84.3 cm³/mol. The molecule has 0 saturated carbocycles. The van der Waals surface area contributed by atoms with Gasteiger partial charge >= 0.3 is 12.1 Å². The molecule has 22 heavy (non-hydrogen) atoms. The first-order chi connectivity index (χ1) is 10.2. The summed E-state index contributed by atoms with van der Waals surface area (Å²) in [5.41, 5.74) is -0.837. The zero-order chi connectivity index (χ0) is 16.8. The van der Waals surface area contributed by atoms with Crippen LogP contribution in [0.25, 0.3) is 0 Å². The van der Waals surface area contributed by atoms with Gasteiger partial charge in [0.05, 0.1) is 0 Å². The number of rotatable bonds is 5. The van der Waals surface area contributed by atoms with Crippen LogP contribution in [0.15, 0.2) is 30.3 Å². The molecule has 0 aromatic heterocycles. The lowest BCUT2D eigenvalue weighted by atomic mass is 9.99. The van der Waals surface area contributed by atoms with E-state index in [1.54, 1.807) is 34.6 Å². The number of carbonyl (C=O) groups is 2. The van der Waals surface area contributed by atoms with Crippen LogP contribution in [-0.4, -0.2) is 23.2 Å². The molecule has 0 aliphatic heterocycles. The minimum atomic E-state index is -1.11. The predicted octanol–water partition coefficient (Wildman–Crippen LogP) is 3.42. The van der Waals surface area contributed by atoms with Gasteiger partial charge in [0.25, 0.3) is 0 Å². The second kappa shape index (κ2) is 7.29. The Bertz CT molecular complexity index is 507. The van der Waals surface area contributed by atoms with Gasteiger partial charge in [-0.3, -0.25) is 0 Å². The molecule has 1 N–H and O–H groups in total. The van der Waals surface area contributed by atoms with Crippen molar-refractivity contribution in [3.8, 4) is 0 Å². The summed E-state index contributed by atoms with van der Waals surface area (Å²) in [4.78, 5) is 24.1. The Morgan fingerprint density at radius 1 is 1.09 bits per heavy atom. The Hall–Kier alpha value is -2.04. The minimum Gasteiger partial charge on any atom is -0.459 e. The zero-order valence-corrected chi connectivity index (χ0v) is 13.9. The van der Waals surface area contributed by atoms with Crippen molar-refractivity contribution in [1.82, 2.24) is 5.32 Å². The lowest BCUT2D eigenvalue weighted by Crippen LogP contribution is -2.53. The Labute approximate surface area is 132 Å².